The molecule has 0 aliphatic heterocycles. The fourth-order valence-electron chi connectivity index (χ4n) is 2.80. The smallest absolute Gasteiger partial charge is 0.272 e. The number of benzene rings is 1. The highest BCUT2D eigenvalue weighted by atomic mass is 16.6. The number of anilines is 1. The Kier molecular flexibility index (Phi) is 4.77. The van der Waals surface area contributed by atoms with Crippen molar-refractivity contribution in [1.29, 1.82) is 0 Å². The zero-order valence-corrected chi connectivity index (χ0v) is 11.5. The van der Waals surface area contributed by atoms with E-state index in [9.17, 15) is 10.1 Å². The second-order valence-corrected chi connectivity index (χ2v) is 5.50. The standard InChI is InChI=1S/C15H22N2O2/c1-12-10-14(8-9-15(12)17(18)19)16-11-13-6-4-2-3-5-7-13/h8-10,13,16H,2-7,11H2,1H3. The van der Waals surface area contributed by atoms with Crippen LogP contribution in [0.25, 0.3) is 0 Å². The molecule has 1 aromatic carbocycles. The molecular weight excluding hydrogens is 240 g/mol. The van der Waals surface area contributed by atoms with Crippen LogP contribution in [0.4, 0.5) is 11.4 Å². The van der Waals surface area contributed by atoms with Crippen molar-refractivity contribution in [3.8, 4) is 0 Å². The van der Waals surface area contributed by atoms with Gasteiger partial charge in [0, 0.05) is 23.9 Å². The van der Waals surface area contributed by atoms with E-state index in [1.165, 1.54) is 38.5 Å². The van der Waals surface area contributed by atoms with Crippen molar-refractivity contribution in [2.45, 2.75) is 45.4 Å². The minimum atomic E-state index is -0.329. The highest BCUT2D eigenvalue weighted by molar-refractivity contribution is 5.53. The maximum atomic E-state index is 10.8. The number of rotatable bonds is 4. The summed E-state index contributed by atoms with van der Waals surface area (Å²) in [5.41, 5.74) is 1.91. The minimum absolute atomic E-state index is 0.194. The molecule has 0 unspecified atom stereocenters. The fourth-order valence-corrected chi connectivity index (χ4v) is 2.80. The van der Waals surface area contributed by atoms with E-state index in [1.54, 1.807) is 13.0 Å². The average Bonchev–Trinajstić information content (AvgIpc) is 2.64. The highest BCUT2D eigenvalue weighted by Gasteiger charge is 2.13. The predicted molar refractivity (Wildman–Crippen MR) is 77.5 cm³/mol. The Morgan fingerprint density at radius 1 is 1.26 bits per heavy atom. The van der Waals surface area contributed by atoms with Crippen molar-refractivity contribution >= 4 is 11.4 Å². The van der Waals surface area contributed by atoms with E-state index < -0.39 is 0 Å². The molecule has 0 saturated heterocycles. The Labute approximate surface area is 114 Å². The molecular formula is C15H22N2O2. The number of nitrogens with one attached hydrogen (secondary N) is 1. The van der Waals surface area contributed by atoms with Crippen LogP contribution in [-0.2, 0) is 0 Å². The van der Waals surface area contributed by atoms with E-state index in [1.807, 2.05) is 12.1 Å². The summed E-state index contributed by atoms with van der Waals surface area (Å²) in [6.45, 7) is 2.77. The van der Waals surface area contributed by atoms with Gasteiger partial charge in [0.25, 0.3) is 5.69 Å². The Bertz CT molecular complexity index is 438. The molecule has 1 fully saturated rings. The highest BCUT2D eigenvalue weighted by Crippen LogP contribution is 2.25. The first-order valence-electron chi connectivity index (χ1n) is 7.16. The molecule has 1 aliphatic carbocycles. The molecule has 0 atom stereocenters. The zero-order valence-electron chi connectivity index (χ0n) is 11.5. The van der Waals surface area contributed by atoms with Crippen molar-refractivity contribution in [3.63, 3.8) is 0 Å². The Morgan fingerprint density at radius 3 is 2.53 bits per heavy atom. The van der Waals surface area contributed by atoms with Gasteiger partial charge >= 0.3 is 0 Å². The van der Waals surface area contributed by atoms with Crippen LogP contribution in [0.15, 0.2) is 18.2 Å². The van der Waals surface area contributed by atoms with E-state index >= 15 is 0 Å². The van der Waals surface area contributed by atoms with Gasteiger partial charge in [-0.15, -0.1) is 0 Å². The summed E-state index contributed by atoms with van der Waals surface area (Å²) in [4.78, 5) is 10.4. The summed E-state index contributed by atoms with van der Waals surface area (Å²) < 4.78 is 0. The number of hydrogen-bond acceptors (Lipinski definition) is 3. The molecule has 2 rings (SSSR count). The number of hydrogen-bond donors (Lipinski definition) is 1. The molecule has 0 amide bonds. The molecule has 0 aromatic heterocycles. The lowest BCUT2D eigenvalue weighted by Gasteiger charge is -2.16. The number of nitro benzene ring substituents is 1. The zero-order chi connectivity index (χ0) is 13.7. The van der Waals surface area contributed by atoms with Gasteiger partial charge < -0.3 is 5.32 Å². The molecule has 19 heavy (non-hydrogen) atoms. The summed E-state index contributed by atoms with van der Waals surface area (Å²) in [5, 5.41) is 14.2. The lowest BCUT2D eigenvalue weighted by atomic mass is 10.0. The molecule has 1 aliphatic rings. The van der Waals surface area contributed by atoms with Crippen LogP contribution in [0.2, 0.25) is 0 Å². The number of nitrogens with zero attached hydrogens (tertiary/aromatic N) is 1. The van der Waals surface area contributed by atoms with Gasteiger partial charge in [0.05, 0.1) is 4.92 Å². The van der Waals surface area contributed by atoms with Crippen LogP contribution in [0.1, 0.15) is 44.1 Å². The van der Waals surface area contributed by atoms with Gasteiger partial charge in [0.1, 0.15) is 0 Å². The number of nitro groups is 1. The predicted octanol–water partition coefficient (Wildman–Crippen LogP) is 4.29. The molecule has 4 heteroatoms. The van der Waals surface area contributed by atoms with E-state index in [0.717, 1.165) is 23.7 Å². The molecule has 4 nitrogen and oxygen atoms in total. The van der Waals surface area contributed by atoms with E-state index in [0.29, 0.717) is 0 Å². The first-order chi connectivity index (χ1) is 9.16. The average molecular weight is 262 g/mol. The maximum absolute atomic E-state index is 10.8. The van der Waals surface area contributed by atoms with Gasteiger partial charge in [-0.1, -0.05) is 25.7 Å². The van der Waals surface area contributed by atoms with Crippen LogP contribution in [-0.4, -0.2) is 11.5 Å². The largest absolute Gasteiger partial charge is 0.385 e. The maximum Gasteiger partial charge on any atom is 0.272 e. The second-order valence-electron chi connectivity index (χ2n) is 5.50. The Hall–Kier alpha value is -1.58. The summed E-state index contributed by atoms with van der Waals surface area (Å²) in [6, 6.07) is 5.27. The summed E-state index contributed by atoms with van der Waals surface area (Å²) >= 11 is 0. The van der Waals surface area contributed by atoms with E-state index in [2.05, 4.69) is 5.32 Å². The molecule has 0 radical (unpaired) electrons. The molecule has 1 aromatic rings. The van der Waals surface area contributed by atoms with Gasteiger partial charge in [0.15, 0.2) is 0 Å². The van der Waals surface area contributed by atoms with Crippen LogP contribution in [0, 0.1) is 23.0 Å². The molecule has 1 N–H and O–H groups in total. The van der Waals surface area contributed by atoms with E-state index in [4.69, 9.17) is 0 Å². The minimum Gasteiger partial charge on any atom is -0.385 e. The van der Waals surface area contributed by atoms with Crippen molar-refractivity contribution in [2.75, 3.05) is 11.9 Å². The molecule has 0 heterocycles. The molecule has 0 bridgehead atoms. The normalized spacial score (nSPS) is 16.9. The Morgan fingerprint density at radius 2 is 1.95 bits per heavy atom. The van der Waals surface area contributed by atoms with Crippen LogP contribution in [0.3, 0.4) is 0 Å². The van der Waals surface area contributed by atoms with Gasteiger partial charge in [0.2, 0.25) is 0 Å². The van der Waals surface area contributed by atoms with Crippen molar-refractivity contribution in [1.82, 2.24) is 0 Å². The molecule has 1 saturated carbocycles. The summed E-state index contributed by atoms with van der Waals surface area (Å²) in [7, 11) is 0. The monoisotopic (exact) mass is 262 g/mol. The molecule has 0 spiro atoms. The second kappa shape index (κ2) is 6.55. The van der Waals surface area contributed by atoms with Gasteiger partial charge in [-0.05, 0) is 37.8 Å². The third kappa shape index (κ3) is 3.94. The number of aryl methyl sites for hydroxylation is 1. The summed E-state index contributed by atoms with van der Waals surface area (Å²) in [6.07, 6.45) is 8.02. The first kappa shape index (κ1) is 13.8. The van der Waals surface area contributed by atoms with Crippen molar-refractivity contribution < 1.29 is 4.92 Å². The SMILES string of the molecule is Cc1cc(NCC2CCCCCC2)ccc1[N+](=O)[O-]. The third-order valence-corrected chi connectivity index (χ3v) is 3.96. The topological polar surface area (TPSA) is 55.2 Å². The van der Waals surface area contributed by atoms with Crippen LogP contribution >= 0.6 is 0 Å². The van der Waals surface area contributed by atoms with Crippen molar-refractivity contribution in [3.05, 3.63) is 33.9 Å². The van der Waals surface area contributed by atoms with Crippen molar-refractivity contribution in [2.24, 2.45) is 5.92 Å². The van der Waals surface area contributed by atoms with Gasteiger partial charge in [-0.25, -0.2) is 0 Å². The van der Waals surface area contributed by atoms with Crippen LogP contribution in [0.5, 0.6) is 0 Å². The fraction of sp³-hybridized carbons (Fsp3) is 0.600. The lowest BCUT2D eigenvalue weighted by Crippen LogP contribution is -2.13. The summed E-state index contributed by atoms with van der Waals surface area (Å²) in [5.74, 6) is 0.748. The van der Waals surface area contributed by atoms with E-state index in [-0.39, 0.29) is 10.6 Å². The quantitative estimate of drug-likeness (QED) is 0.500. The third-order valence-electron chi connectivity index (χ3n) is 3.96. The van der Waals surface area contributed by atoms with Crippen LogP contribution < -0.4 is 5.32 Å². The Balaban J connectivity index is 1.92. The lowest BCUT2D eigenvalue weighted by molar-refractivity contribution is -0.385. The van der Waals surface area contributed by atoms with Gasteiger partial charge in [-0.2, -0.15) is 0 Å². The van der Waals surface area contributed by atoms with Gasteiger partial charge in [-0.3, -0.25) is 10.1 Å². The molecule has 104 valence electrons. The first-order valence-corrected chi connectivity index (χ1v) is 7.16.